The lowest BCUT2D eigenvalue weighted by molar-refractivity contribution is -0.125. The van der Waals surface area contributed by atoms with Gasteiger partial charge in [0.1, 0.15) is 18.1 Å². The minimum atomic E-state index is -0.552. The fourth-order valence-corrected chi connectivity index (χ4v) is 3.83. The van der Waals surface area contributed by atoms with E-state index in [2.05, 4.69) is 10.9 Å². The number of rotatable bonds is 4. The standard InChI is InChI=1S/C21H16FN3O4S/c22-14-7-5-13(6-8-14)17-9-10-18(30-17)21(28)24-23-19(26)11-25-15-3-1-2-4-16(15)29-12-20(25)27/h1-10H,11-12H2,(H,23,26)(H,24,28). The van der Waals surface area contributed by atoms with Crippen LogP contribution < -0.4 is 20.5 Å². The van der Waals surface area contributed by atoms with Gasteiger partial charge in [0.2, 0.25) is 0 Å². The minimum absolute atomic E-state index is 0.155. The first kappa shape index (κ1) is 19.6. The molecule has 3 amide bonds. The molecule has 0 aliphatic carbocycles. The van der Waals surface area contributed by atoms with Crippen molar-refractivity contribution in [3.05, 3.63) is 71.4 Å². The van der Waals surface area contributed by atoms with Gasteiger partial charge in [-0.3, -0.25) is 30.1 Å². The summed E-state index contributed by atoms with van der Waals surface area (Å²) in [5.74, 6) is -1.21. The van der Waals surface area contributed by atoms with Gasteiger partial charge < -0.3 is 4.74 Å². The van der Waals surface area contributed by atoms with Crippen molar-refractivity contribution >= 4 is 34.7 Å². The van der Waals surface area contributed by atoms with Gasteiger partial charge in [0.05, 0.1) is 10.6 Å². The number of benzene rings is 2. The molecule has 0 atom stereocenters. The van der Waals surface area contributed by atoms with E-state index in [1.165, 1.54) is 28.4 Å². The Labute approximate surface area is 175 Å². The summed E-state index contributed by atoms with van der Waals surface area (Å²) in [4.78, 5) is 39.2. The third-order valence-corrected chi connectivity index (χ3v) is 5.52. The molecule has 0 spiro atoms. The summed E-state index contributed by atoms with van der Waals surface area (Å²) in [5.41, 5.74) is 5.95. The second kappa shape index (κ2) is 8.34. The van der Waals surface area contributed by atoms with Crippen molar-refractivity contribution in [1.29, 1.82) is 0 Å². The van der Waals surface area contributed by atoms with E-state index in [9.17, 15) is 18.8 Å². The fourth-order valence-electron chi connectivity index (χ4n) is 2.93. The van der Waals surface area contributed by atoms with Crippen molar-refractivity contribution < 1.29 is 23.5 Å². The number of thiophene rings is 1. The van der Waals surface area contributed by atoms with E-state index in [0.717, 1.165) is 10.4 Å². The van der Waals surface area contributed by atoms with Crippen LogP contribution in [0.3, 0.4) is 0 Å². The molecule has 0 unspecified atom stereocenters. The van der Waals surface area contributed by atoms with Crippen LogP contribution in [0.2, 0.25) is 0 Å². The highest BCUT2D eigenvalue weighted by atomic mass is 32.1. The van der Waals surface area contributed by atoms with E-state index in [4.69, 9.17) is 4.74 Å². The number of carbonyl (C=O) groups excluding carboxylic acids is 3. The van der Waals surface area contributed by atoms with Crippen LogP contribution in [-0.4, -0.2) is 30.9 Å². The zero-order valence-electron chi connectivity index (χ0n) is 15.6. The third-order valence-electron chi connectivity index (χ3n) is 4.38. The molecule has 2 heterocycles. The quantitative estimate of drug-likeness (QED) is 0.630. The zero-order chi connectivity index (χ0) is 21.1. The smallest absolute Gasteiger partial charge is 0.279 e. The second-order valence-electron chi connectivity index (χ2n) is 6.41. The highest BCUT2D eigenvalue weighted by molar-refractivity contribution is 7.17. The van der Waals surface area contributed by atoms with Crippen molar-refractivity contribution in [1.82, 2.24) is 10.9 Å². The largest absolute Gasteiger partial charge is 0.482 e. The molecule has 0 fully saturated rings. The van der Waals surface area contributed by atoms with Crippen molar-refractivity contribution in [3.63, 3.8) is 0 Å². The normalized spacial score (nSPS) is 12.7. The van der Waals surface area contributed by atoms with E-state index in [1.807, 2.05) is 0 Å². The predicted molar refractivity (Wildman–Crippen MR) is 110 cm³/mol. The topological polar surface area (TPSA) is 87.7 Å². The third kappa shape index (κ3) is 4.15. The molecule has 2 aromatic carbocycles. The van der Waals surface area contributed by atoms with Crippen LogP contribution in [0.15, 0.2) is 60.7 Å². The molecule has 1 aromatic heterocycles. The number of nitrogens with one attached hydrogen (secondary N) is 2. The van der Waals surface area contributed by atoms with Gasteiger partial charge in [-0.05, 0) is 42.0 Å². The van der Waals surface area contributed by atoms with E-state index in [0.29, 0.717) is 16.3 Å². The Morgan fingerprint density at radius 2 is 1.80 bits per heavy atom. The number of hydrogen-bond acceptors (Lipinski definition) is 5. The van der Waals surface area contributed by atoms with E-state index < -0.39 is 11.8 Å². The van der Waals surface area contributed by atoms with E-state index >= 15 is 0 Å². The van der Waals surface area contributed by atoms with Gasteiger partial charge in [-0.2, -0.15) is 0 Å². The highest BCUT2D eigenvalue weighted by Crippen LogP contribution is 2.31. The van der Waals surface area contributed by atoms with Crippen LogP contribution in [0.5, 0.6) is 5.75 Å². The molecular weight excluding hydrogens is 409 g/mol. The molecular formula is C21H16FN3O4S. The Kier molecular flexibility index (Phi) is 5.44. The molecule has 30 heavy (non-hydrogen) atoms. The first-order valence-corrected chi connectivity index (χ1v) is 9.80. The van der Waals surface area contributed by atoms with Crippen molar-refractivity contribution in [3.8, 4) is 16.2 Å². The maximum atomic E-state index is 13.1. The van der Waals surface area contributed by atoms with E-state index in [-0.39, 0.29) is 24.9 Å². The van der Waals surface area contributed by atoms with Gasteiger partial charge >= 0.3 is 0 Å². The van der Waals surface area contributed by atoms with E-state index in [1.54, 1.807) is 48.5 Å². The number of anilines is 1. The number of carbonyl (C=O) groups is 3. The van der Waals surface area contributed by atoms with Crippen LogP contribution in [0.25, 0.3) is 10.4 Å². The van der Waals surface area contributed by atoms with Gasteiger partial charge in [0, 0.05) is 4.88 Å². The number of ether oxygens (including phenoxy) is 1. The molecule has 1 aliphatic rings. The van der Waals surface area contributed by atoms with Crippen molar-refractivity contribution in [2.75, 3.05) is 18.1 Å². The first-order valence-electron chi connectivity index (χ1n) is 8.98. The SMILES string of the molecule is O=C(CN1C(=O)COc2ccccc21)NNC(=O)c1ccc(-c2ccc(F)cc2)s1. The number of hydrogen-bond donors (Lipinski definition) is 2. The molecule has 0 saturated carbocycles. The summed E-state index contributed by atoms with van der Waals surface area (Å²) in [6.07, 6.45) is 0. The maximum Gasteiger partial charge on any atom is 0.279 e. The molecule has 0 radical (unpaired) electrons. The number of para-hydroxylation sites is 2. The van der Waals surface area contributed by atoms with Crippen LogP contribution in [0.4, 0.5) is 10.1 Å². The summed E-state index contributed by atoms with van der Waals surface area (Å²) in [6, 6.07) is 16.2. The Morgan fingerprint density at radius 3 is 2.60 bits per heavy atom. The van der Waals surface area contributed by atoms with Crippen molar-refractivity contribution in [2.24, 2.45) is 0 Å². The lowest BCUT2D eigenvalue weighted by atomic mass is 10.2. The maximum absolute atomic E-state index is 13.1. The monoisotopic (exact) mass is 425 g/mol. The van der Waals surface area contributed by atoms with Gasteiger partial charge in [-0.1, -0.05) is 24.3 Å². The van der Waals surface area contributed by atoms with Gasteiger partial charge in [0.25, 0.3) is 17.7 Å². The number of halogens is 1. The number of fused-ring (bicyclic) bond motifs is 1. The summed E-state index contributed by atoms with van der Waals surface area (Å²) in [6.45, 7) is -0.414. The Hall–Kier alpha value is -3.72. The summed E-state index contributed by atoms with van der Waals surface area (Å²) in [7, 11) is 0. The average Bonchev–Trinajstić information content (AvgIpc) is 3.25. The number of nitrogens with zero attached hydrogens (tertiary/aromatic N) is 1. The molecule has 7 nitrogen and oxygen atoms in total. The van der Waals surface area contributed by atoms with Crippen molar-refractivity contribution in [2.45, 2.75) is 0 Å². The Morgan fingerprint density at radius 1 is 1.03 bits per heavy atom. The summed E-state index contributed by atoms with van der Waals surface area (Å²) < 4.78 is 18.4. The average molecular weight is 425 g/mol. The highest BCUT2D eigenvalue weighted by Gasteiger charge is 2.27. The lowest BCUT2D eigenvalue weighted by Crippen LogP contribution is -2.49. The molecule has 0 bridgehead atoms. The van der Waals surface area contributed by atoms with Crippen LogP contribution in [-0.2, 0) is 9.59 Å². The predicted octanol–water partition coefficient (Wildman–Crippen LogP) is 2.74. The van der Waals surface area contributed by atoms with Gasteiger partial charge in [-0.15, -0.1) is 11.3 Å². The molecule has 3 aromatic rings. The second-order valence-corrected chi connectivity index (χ2v) is 7.49. The van der Waals surface area contributed by atoms with Crippen LogP contribution >= 0.6 is 11.3 Å². The van der Waals surface area contributed by atoms with Crippen LogP contribution in [0, 0.1) is 5.82 Å². The Bertz CT molecular complexity index is 1110. The van der Waals surface area contributed by atoms with Gasteiger partial charge in [-0.25, -0.2) is 4.39 Å². The lowest BCUT2D eigenvalue weighted by Gasteiger charge is -2.28. The molecule has 0 saturated heterocycles. The Balaban J connectivity index is 1.36. The summed E-state index contributed by atoms with van der Waals surface area (Å²) >= 11 is 1.21. The molecule has 1 aliphatic heterocycles. The summed E-state index contributed by atoms with van der Waals surface area (Å²) in [5, 5.41) is 0. The molecule has 2 N–H and O–H groups in total. The number of hydrazine groups is 1. The fraction of sp³-hybridized carbons (Fsp3) is 0.0952. The van der Waals surface area contributed by atoms with Crippen LogP contribution in [0.1, 0.15) is 9.67 Å². The molecule has 4 rings (SSSR count). The van der Waals surface area contributed by atoms with Gasteiger partial charge in [0.15, 0.2) is 6.61 Å². The first-order chi connectivity index (χ1) is 14.5. The number of amides is 3. The minimum Gasteiger partial charge on any atom is -0.482 e. The molecule has 9 heteroatoms. The zero-order valence-corrected chi connectivity index (χ0v) is 16.4. The molecule has 152 valence electrons.